The summed E-state index contributed by atoms with van der Waals surface area (Å²) in [6.07, 6.45) is 3.76. The Morgan fingerprint density at radius 2 is 2.11 bits per heavy atom. The van der Waals surface area contributed by atoms with Crippen molar-refractivity contribution in [3.05, 3.63) is 35.4 Å². The highest BCUT2D eigenvalue weighted by Gasteiger charge is 2.38. The van der Waals surface area contributed by atoms with Crippen LogP contribution in [-0.2, 0) is 6.54 Å². The Bertz CT molecular complexity index is 459. The third-order valence-electron chi connectivity index (χ3n) is 4.24. The summed E-state index contributed by atoms with van der Waals surface area (Å²) in [5.41, 5.74) is 0.541. The highest BCUT2D eigenvalue weighted by atomic mass is 19.1. The van der Waals surface area contributed by atoms with E-state index < -0.39 is 11.6 Å². The van der Waals surface area contributed by atoms with Crippen molar-refractivity contribution >= 4 is 0 Å². The van der Waals surface area contributed by atoms with Crippen LogP contribution in [0.1, 0.15) is 31.7 Å². The summed E-state index contributed by atoms with van der Waals surface area (Å²) < 4.78 is 26.3. The van der Waals surface area contributed by atoms with Crippen molar-refractivity contribution in [1.82, 2.24) is 10.2 Å². The average molecular weight is 266 g/mol. The van der Waals surface area contributed by atoms with Gasteiger partial charge in [0.05, 0.1) is 0 Å². The standard InChI is InChI=1S/C15H20F2N2/c1-10-6-13(9-19(10)14-4-5-14)18-8-11-2-3-12(16)7-15(11)17/h2-3,7,10,13-14,18H,4-6,8-9H2,1H3. The van der Waals surface area contributed by atoms with Crippen LogP contribution >= 0.6 is 0 Å². The zero-order valence-corrected chi connectivity index (χ0v) is 11.2. The highest BCUT2D eigenvalue weighted by Crippen LogP contribution is 2.33. The second-order valence-corrected chi connectivity index (χ2v) is 5.83. The van der Waals surface area contributed by atoms with E-state index in [1.807, 2.05) is 0 Å². The lowest BCUT2D eigenvalue weighted by atomic mass is 10.1. The molecule has 0 spiro atoms. The molecule has 1 aromatic rings. The van der Waals surface area contributed by atoms with Gasteiger partial charge in [-0.2, -0.15) is 0 Å². The molecule has 0 bridgehead atoms. The first kappa shape index (κ1) is 13.0. The average Bonchev–Trinajstić information content (AvgIpc) is 3.13. The van der Waals surface area contributed by atoms with Crippen LogP contribution in [0, 0.1) is 11.6 Å². The lowest BCUT2D eigenvalue weighted by Gasteiger charge is -2.19. The maximum absolute atomic E-state index is 13.5. The van der Waals surface area contributed by atoms with E-state index in [0.29, 0.717) is 24.2 Å². The van der Waals surface area contributed by atoms with Crippen molar-refractivity contribution in [3.63, 3.8) is 0 Å². The second-order valence-electron chi connectivity index (χ2n) is 5.83. The van der Waals surface area contributed by atoms with Crippen molar-refractivity contribution in [3.8, 4) is 0 Å². The summed E-state index contributed by atoms with van der Waals surface area (Å²) in [4.78, 5) is 2.55. The van der Waals surface area contributed by atoms with Crippen molar-refractivity contribution in [1.29, 1.82) is 0 Å². The van der Waals surface area contributed by atoms with E-state index in [0.717, 1.165) is 25.1 Å². The molecule has 3 rings (SSSR count). The maximum atomic E-state index is 13.5. The fourth-order valence-electron chi connectivity index (χ4n) is 3.04. The third kappa shape index (κ3) is 2.95. The first-order valence-corrected chi connectivity index (χ1v) is 7.06. The fourth-order valence-corrected chi connectivity index (χ4v) is 3.04. The molecule has 104 valence electrons. The summed E-state index contributed by atoms with van der Waals surface area (Å²) in [6.45, 7) is 3.79. The SMILES string of the molecule is CC1CC(NCc2ccc(F)cc2F)CN1C1CC1. The summed E-state index contributed by atoms with van der Waals surface area (Å²) in [7, 11) is 0. The van der Waals surface area contributed by atoms with Crippen LogP contribution in [-0.4, -0.2) is 29.6 Å². The molecule has 4 heteroatoms. The molecule has 2 fully saturated rings. The van der Waals surface area contributed by atoms with Gasteiger partial charge in [0.1, 0.15) is 11.6 Å². The van der Waals surface area contributed by atoms with Gasteiger partial charge in [0.2, 0.25) is 0 Å². The normalized spacial score (nSPS) is 27.9. The minimum absolute atomic E-state index is 0.417. The van der Waals surface area contributed by atoms with E-state index in [2.05, 4.69) is 17.1 Å². The quantitative estimate of drug-likeness (QED) is 0.901. The molecule has 1 N–H and O–H groups in total. The topological polar surface area (TPSA) is 15.3 Å². The van der Waals surface area contributed by atoms with E-state index >= 15 is 0 Å². The predicted octanol–water partition coefficient (Wildman–Crippen LogP) is 2.68. The number of likely N-dealkylation sites (tertiary alicyclic amines) is 1. The smallest absolute Gasteiger partial charge is 0.130 e. The molecule has 1 saturated carbocycles. The summed E-state index contributed by atoms with van der Waals surface area (Å²) in [6, 6.07) is 5.60. The van der Waals surface area contributed by atoms with Gasteiger partial charge in [-0.05, 0) is 32.3 Å². The van der Waals surface area contributed by atoms with Gasteiger partial charge in [0.25, 0.3) is 0 Å². The zero-order valence-electron chi connectivity index (χ0n) is 11.2. The number of benzene rings is 1. The third-order valence-corrected chi connectivity index (χ3v) is 4.24. The van der Waals surface area contributed by atoms with Gasteiger partial charge in [-0.25, -0.2) is 8.78 Å². The number of nitrogens with one attached hydrogen (secondary N) is 1. The molecule has 1 aliphatic heterocycles. The van der Waals surface area contributed by atoms with Gasteiger partial charge in [-0.1, -0.05) is 6.07 Å². The Morgan fingerprint density at radius 1 is 1.32 bits per heavy atom. The monoisotopic (exact) mass is 266 g/mol. The minimum Gasteiger partial charge on any atom is -0.308 e. The molecule has 1 aromatic carbocycles. The first-order chi connectivity index (χ1) is 9.13. The fraction of sp³-hybridized carbons (Fsp3) is 0.600. The number of rotatable bonds is 4. The van der Waals surface area contributed by atoms with Crippen molar-refractivity contribution < 1.29 is 8.78 Å². The molecule has 2 atom stereocenters. The van der Waals surface area contributed by atoms with E-state index in [-0.39, 0.29) is 0 Å². The van der Waals surface area contributed by atoms with Crippen LogP contribution < -0.4 is 5.32 Å². The summed E-state index contributed by atoms with van der Waals surface area (Å²) in [5, 5.41) is 3.40. The van der Waals surface area contributed by atoms with E-state index in [4.69, 9.17) is 0 Å². The molecule has 1 saturated heterocycles. The molecular weight excluding hydrogens is 246 g/mol. The van der Waals surface area contributed by atoms with Gasteiger partial charge in [0, 0.05) is 42.8 Å². The Balaban J connectivity index is 1.55. The minimum atomic E-state index is -0.518. The molecular formula is C15H20F2N2. The summed E-state index contributed by atoms with van der Waals surface area (Å²) in [5.74, 6) is -0.978. The Labute approximate surface area is 112 Å². The molecule has 1 aliphatic carbocycles. The molecule has 2 aliphatic rings. The Hall–Kier alpha value is -1.00. The Morgan fingerprint density at radius 3 is 2.79 bits per heavy atom. The Kier molecular flexibility index (Phi) is 3.54. The van der Waals surface area contributed by atoms with Crippen LogP contribution in [0.25, 0.3) is 0 Å². The highest BCUT2D eigenvalue weighted by molar-refractivity contribution is 5.18. The van der Waals surface area contributed by atoms with Gasteiger partial charge in [0.15, 0.2) is 0 Å². The lowest BCUT2D eigenvalue weighted by Crippen LogP contribution is -2.34. The number of nitrogens with zero attached hydrogens (tertiary/aromatic N) is 1. The van der Waals surface area contributed by atoms with Gasteiger partial charge < -0.3 is 5.32 Å². The van der Waals surface area contributed by atoms with Crippen LogP contribution in [0.4, 0.5) is 8.78 Å². The van der Waals surface area contributed by atoms with Crippen molar-refractivity contribution in [2.75, 3.05) is 6.54 Å². The van der Waals surface area contributed by atoms with Gasteiger partial charge in [-0.3, -0.25) is 4.90 Å². The molecule has 2 unspecified atom stereocenters. The lowest BCUT2D eigenvalue weighted by molar-refractivity contribution is 0.255. The predicted molar refractivity (Wildman–Crippen MR) is 70.8 cm³/mol. The van der Waals surface area contributed by atoms with E-state index in [1.54, 1.807) is 0 Å². The molecule has 19 heavy (non-hydrogen) atoms. The van der Waals surface area contributed by atoms with E-state index in [1.165, 1.54) is 25.0 Å². The molecule has 1 heterocycles. The van der Waals surface area contributed by atoms with E-state index in [9.17, 15) is 8.78 Å². The van der Waals surface area contributed by atoms with Crippen LogP contribution in [0.3, 0.4) is 0 Å². The number of hydrogen-bond donors (Lipinski definition) is 1. The van der Waals surface area contributed by atoms with Crippen LogP contribution in [0.15, 0.2) is 18.2 Å². The first-order valence-electron chi connectivity index (χ1n) is 7.06. The largest absolute Gasteiger partial charge is 0.308 e. The van der Waals surface area contributed by atoms with Gasteiger partial charge >= 0.3 is 0 Å². The van der Waals surface area contributed by atoms with Gasteiger partial charge in [-0.15, -0.1) is 0 Å². The van der Waals surface area contributed by atoms with Crippen molar-refractivity contribution in [2.24, 2.45) is 0 Å². The number of halogens is 2. The van der Waals surface area contributed by atoms with Crippen molar-refractivity contribution in [2.45, 2.75) is 50.9 Å². The molecule has 2 nitrogen and oxygen atoms in total. The maximum Gasteiger partial charge on any atom is 0.130 e. The molecule has 0 radical (unpaired) electrons. The van der Waals surface area contributed by atoms with Crippen LogP contribution in [0.5, 0.6) is 0 Å². The second kappa shape index (κ2) is 5.17. The van der Waals surface area contributed by atoms with Crippen LogP contribution in [0.2, 0.25) is 0 Å². The molecule has 0 aromatic heterocycles. The summed E-state index contributed by atoms with van der Waals surface area (Å²) >= 11 is 0. The number of hydrogen-bond acceptors (Lipinski definition) is 2. The molecule has 0 amide bonds. The zero-order chi connectivity index (χ0) is 13.4.